The predicted octanol–water partition coefficient (Wildman–Crippen LogP) is 1.51. The average Bonchev–Trinajstić information content (AvgIpc) is 2.81. The van der Waals surface area contributed by atoms with Crippen LogP contribution in [0.3, 0.4) is 0 Å². The van der Waals surface area contributed by atoms with Gasteiger partial charge < -0.3 is 15.5 Å². The molecule has 0 saturated heterocycles. The van der Waals surface area contributed by atoms with Crippen LogP contribution in [0.15, 0.2) is 30.6 Å². The fourth-order valence-electron chi connectivity index (χ4n) is 2.25. The zero-order chi connectivity index (χ0) is 14.6. The zero-order valence-corrected chi connectivity index (χ0v) is 12.1. The van der Waals surface area contributed by atoms with Crippen molar-refractivity contribution in [2.75, 3.05) is 6.54 Å². The first-order chi connectivity index (χ1) is 9.53. The SMILES string of the molecule is CCCC(C)(N)C(=O)NCCc1cn2ccccc2n1. The second kappa shape index (κ2) is 6.05. The van der Waals surface area contributed by atoms with Crippen LogP contribution in [-0.2, 0) is 11.2 Å². The van der Waals surface area contributed by atoms with Crippen LogP contribution < -0.4 is 11.1 Å². The average molecular weight is 274 g/mol. The molecule has 0 radical (unpaired) electrons. The Morgan fingerprint density at radius 1 is 1.50 bits per heavy atom. The second-order valence-electron chi connectivity index (χ2n) is 5.37. The Balaban J connectivity index is 1.88. The van der Waals surface area contributed by atoms with E-state index in [-0.39, 0.29) is 5.91 Å². The van der Waals surface area contributed by atoms with E-state index in [1.165, 1.54) is 0 Å². The number of nitrogens with zero attached hydrogens (tertiary/aromatic N) is 2. The Morgan fingerprint density at radius 3 is 3.00 bits per heavy atom. The molecule has 5 nitrogen and oxygen atoms in total. The molecule has 0 aliphatic rings. The lowest BCUT2D eigenvalue weighted by atomic mass is 9.96. The molecule has 0 aliphatic heterocycles. The lowest BCUT2D eigenvalue weighted by Crippen LogP contribution is -2.51. The van der Waals surface area contributed by atoms with E-state index in [1.807, 2.05) is 41.9 Å². The molecule has 108 valence electrons. The summed E-state index contributed by atoms with van der Waals surface area (Å²) >= 11 is 0. The van der Waals surface area contributed by atoms with E-state index >= 15 is 0 Å². The van der Waals surface area contributed by atoms with E-state index in [9.17, 15) is 4.79 Å². The van der Waals surface area contributed by atoms with Crippen molar-refractivity contribution < 1.29 is 4.79 Å². The second-order valence-corrected chi connectivity index (χ2v) is 5.37. The number of imidazole rings is 1. The molecule has 1 unspecified atom stereocenters. The first-order valence-corrected chi connectivity index (χ1v) is 7.03. The normalized spacial score (nSPS) is 14.2. The molecule has 2 aromatic rings. The standard InChI is InChI=1S/C15H22N4O/c1-3-8-15(2,16)14(20)17-9-7-12-11-19-10-5-4-6-13(19)18-12/h4-6,10-11H,3,7-9,16H2,1-2H3,(H,17,20). The van der Waals surface area contributed by atoms with Gasteiger partial charge in [0.05, 0.1) is 11.2 Å². The molecule has 0 bridgehead atoms. The van der Waals surface area contributed by atoms with E-state index in [0.717, 1.165) is 17.8 Å². The molecule has 3 N–H and O–H groups in total. The molecule has 0 aliphatic carbocycles. The zero-order valence-electron chi connectivity index (χ0n) is 12.1. The van der Waals surface area contributed by atoms with Gasteiger partial charge in [0, 0.05) is 25.4 Å². The van der Waals surface area contributed by atoms with E-state index in [4.69, 9.17) is 5.73 Å². The quantitative estimate of drug-likeness (QED) is 0.838. The highest BCUT2D eigenvalue weighted by atomic mass is 16.2. The number of pyridine rings is 1. The van der Waals surface area contributed by atoms with E-state index in [1.54, 1.807) is 6.92 Å². The maximum absolute atomic E-state index is 12.0. The molecule has 2 aromatic heterocycles. The Hall–Kier alpha value is -1.88. The van der Waals surface area contributed by atoms with Crippen molar-refractivity contribution in [3.63, 3.8) is 0 Å². The van der Waals surface area contributed by atoms with Crippen molar-refractivity contribution in [3.05, 3.63) is 36.3 Å². The first kappa shape index (κ1) is 14.5. The Labute approximate surface area is 119 Å². The topological polar surface area (TPSA) is 72.4 Å². The van der Waals surface area contributed by atoms with Gasteiger partial charge in [-0.15, -0.1) is 0 Å². The lowest BCUT2D eigenvalue weighted by molar-refractivity contribution is -0.126. The number of nitrogens with two attached hydrogens (primary N) is 1. The smallest absolute Gasteiger partial charge is 0.239 e. The van der Waals surface area contributed by atoms with Gasteiger partial charge in [0.25, 0.3) is 0 Å². The number of hydrogen-bond donors (Lipinski definition) is 2. The molecule has 1 amide bonds. The molecule has 0 spiro atoms. The summed E-state index contributed by atoms with van der Waals surface area (Å²) in [5.74, 6) is -0.0943. The van der Waals surface area contributed by atoms with Crippen LogP contribution in [0.4, 0.5) is 0 Å². The molecule has 5 heteroatoms. The monoisotopic (exact) mass is 274 g/mol. The summed E-state index contributed by atoms with van der Waals surface area (Å²) in [6.45, 7) is 4.35. The van der Waals surface area contributed by atoms with Gasteiger partial charge in [0.1, 0.15) is 5.65 Å². The molecular formula is C15H22N4O. The van der Waals surface area contributed by atoms with Crippen LogP contribution in [0, 0.1) is 0 Å². The van der Waals surface area contributed by atoms with Crippen LogP contribution in [0.5, 0.6) is 0 Å². The first-order valence-electron chi connectivity index (χ1n) is 7.03. The van der Waals surface area contributed by atoms with Gasteiger partial charge in [-0.3, -0.25) is 4.79 Å². The predicted molar refractivity (Wildman–Crippen MR) is 79.4 cm³/mol. The molecule has 0 aromatic carbocycles. The minimum Gasteiger partial charge on any atom is -0.354 e. The molecular weight excluding hydrogens is 252 g/mol. The van der Waals surface area contributed by atoms with Crippen molar-refractivity contribution in [1.29, 1.82) is 0 Å². The molecule has 20 heavy (non-hydrogen) atoms. The summed E-state index contributed by atoms with van der Waals surface area (Å²) in [5.41, 5.74) is 7.08. The highest BCUT2D eigenvalue weighted by Gasteiger charge is 2.26. The van der Waals surface area contributed by atoms with Gasteiger partial charge in [-0.05, 0) is 25.5 Å². The van der Waals surface area contributed by atoms with Crippen LogP contribution in [0.2, 0.25) is 0 Å². The number of fused-ring (bicyclic) bond motifs is 1. The van der Waals surface area contributed by atoms with Gasteiger partial charge >= 0.3 is 0 Å². The Kier molecular flexibility index (Phi) is 4.39. The van der Waals surface area contributed by atoms with Gasteiger partial charge in [0.2, 0.25) is 5.91 Å². The molecule has 1 atom stereocenters. The summed E-state index contributed by atoms with van der Waals surface area (Å²) in [5, 5.41) is 2.89. The number of nitrogens with one attached hydrogen (secondary N) is 1. The molecule has 0 saturated carbocycles. The Morgan fingerprint density at radius 2 is 2.30 bits per heavy atom. The largest absolute Gasteiger partial charge is 0.354 e. The third-order valence-corrected chi connectivity index (χ3v) is 3.37. The third kappa shape index (κ3) is 3.36. The highest BCUT2D eigenvalue weighted by Crippen LogP contribution is 2.08. The fraction of sp³-hybridized carbons (Fsp3) is 0.467. The van der Waals surface area contributed by atoms with Crippen molar-refractivity contribution in [3.8, 4) is 0 Å². The highest BCUT2D eigenvalue weighted by molar-refractivity contribution is 5.85. The summed E-state index contributed by atoms with van der Waals surface area (Å²) in [7, 11) is 0. The maximum Gasteiger partial charge on any atom is 0.239 e. The van der Waals surface area contributed by atoms with Crippen LogP contribution in [0.25, 0.3) is 5.65 Å². The Bertz CT molecular complexity index is 555. The van der Waals surface area contributed by atoms with Gasteiger partial charge in [0.15, 0.2) is 0 Å². The summed E-state index contributed by atoms with van der Waals surface area (Å²) in [6.07, 6.45) is 6.23. The van der Waals surface area contributed by atoms with Crippen molar-refractivity contribution in [2.45, 2.75) is 38.6 Å². The molecule has 2 rings (SSSR count). The number of amides is 1. The fourth-order valence-corrected chi connectivity index (χ4v) is 2.25. The van der Waals surface area contributed by atoms with Crippen molar-refractivity contribution >= 4 is 11.6 Å². The van der Waals surface area contributed by atoms with Gasteiger partial charge in [-0.25, -0.2) is 4.98 Å². The number of carbonyl (C=O) groups is 1. The molecule has 0 fully saturated rings. The van der Waals surface area contributed by atoms with Crippen molar-refractivity contribution in [2.24, 2.45) is 5.73 Å². The molecule has 2 heterocycles. The summed E-state index contributed by atoms with van der Waals surface area (Å²) in [4.78, 5) is 16.4. The van der Waals surface area contributed by atoms with Crippen LogP contribution in [0.1, 0.15) is 32.4 Å². The number of aromatic nitrogens is 2. The van der Waals surface area contributed by atoms with Gasteiger partial charge in [-0.1, -0.05) is 19.4 Å². The number of rotatable bonds is 6. The third-order valence-electron chi connectivity index (χ3n) is 3.37. The van der Waals surface area contributed by atoms with Gasteiger partial charge in [-0.2, -0.15) is 0 Å². The summed E-state index contributed by atoms with van der Waals surface area (Å²) < 4.78 is 1.97. The lowest BCUT2D eigenvalue weighted by Gasteiger charge is -2.22. The van der Waals surface area contributed by atoms with Crippen molar-refractivity contribution in [1.82, 2.24) is 14.7 Å². The number of carbonyl (C=O) groups excluding carboxylic acids is 1. The van der Waals surface area contributed by atoms with E-state index in [2.05, 4.69) is 10.3 Å². The minimum absolute atomic E-state index is 0.0943. The van der Waals surface area contributed by atoms with E-state index in [0.29, 0.717) is 19.4 Å². The minimum atomic E-state index is -0.784. The maximum atomic E-state index is 12.0. The van der Waals surface area contributed by atoms with Crippen LogP contribution in [-0.4, -0.2) is 27.4 Å². The van der Waals surface area contributed by atoms with E-state index < -0.39 is 5.54 Å². The van der Waals surface area contributed by atoms with Crippen LogP contribution >= 0.6 is 0 Å². The number of hydrogen-bond acceptors (Lipinski definition) is 3. The summed E-state index contributed by atoms with van der Waals surface area (Å²) in [6, 6.07) is 5.88.